The molecule has 0 radical (unpaired) electrons. The lowest BCUT2D eigenvalue weighted by atomic mass is 9.42. The van der Waals surface area contributed by atoms with Crippen molar-refractivity contribution in [3.8, 4) is 0 Å². The van der Waals surface area contributed by atoms with Crippen LogP contribution in [-0.4, -0.2) is 314 Å². The van der Waals surface area contributed by atoms with E-state index in [2.05, 4.69) is 13.8 Å². The van der Waals surface area contributed by atoms with Gasteiger partial charge in [-0.15, -0.1) is 0 Å². The van der Waals surface area contributed by atoms with Crippen LogP contribution in [0.3, 0.4) is 0 Å². The van der Waals surface area contributed by atoms with Gasteiger partial charge in [-0.05, 0) is 74.0 Å². The van der Waals surface area contributed by atoms with Gasteiger partial charge in [0.2, 0.25) is 0 Å². The molecule has 0 spiro atoms. The van der Waals surface area contributed by atoms with Crippen LogP contribution in [0, 0.1) is 46.3 Å². The third kappa shape index (κ3) is 11.9. The molecule has 0 aromatic heterocycles. The minimum atomic E-state index is -2.06. The molecule has 6 aliphatic heterocycles. The van der Waals surface area contributed by atoms with Crippen LogP contribution in [0.1, 0.15) is 85.5 Å². The van der Waals surface area contributed by atoms with Crippen molar-refractivity contribution < 1.29 is 149 Å². The highest BCUT2D eigenvalue weighted by Crippen LogP contribution is 2.72. The van der Waals surface area contributed by atoms with E-state index in [1.54, 1.807) is 0 Å². The summed E-state index contributed by atoms with van der Waals surface area (Å²) >= 11 is 0. The minimum Gasteiger partial charge on any atom is -0.394 e. The zero-order valence-corrected chi connectivity index (χ0v) is 48.6. The lowest BCUT2D eigenvalue weighted by Gasteiger charge is -2.64. The predicted octanol–water partition coefficient (Wildman–Crippen LogP) is -7.41. The van der Waals surface area contributed by atoms with Crippen LogP contribution in [0.15, 0.2) is 0 Å². The molecule has 4 saturated carbocycles. The summed E-state index contributed by atoms with van der Waals surface area (Å²) in [5, 5.41) is 207. The molecule has 0 unspecified atom stereocenters. The van der Waals surface area contributed by atoms with Crippen molar-refractivity contribution >= 4 is 0 Å². The summed E-state index contributed by atoms with van der Waals surface area (Å²) in [6.07, 6.45) is -40.2. The van der Waals surface area contributed by atoms with Crippen LogP contribution in [0.4, 0.5) is 0 Å². The molecule has 0 aromatic rings. The molecule has 30 nitrogen and oxygen atoms in total. The molecular weight excluding hydrogens is 1150 g/mol. The quantitative estimate of drug-likeness (QED) is 0.0567. The molecule has 0 bridgehead atoms. The van der Waals surface area contributed by atoms with Crippen LogP contribution < -0.4 is 0 Å². The largest absolute Gasteiger partial charge is 0.394 e. The van der Waals surface area contributed by atoms with E-state index in [0.29, 0.717) is 38.5 Å². The first-order chi connectivity index (χ1) is 40.6. The summed E-state index contributed by atoms with van der Waals surface area (Å²) < 4.78 is 65.3. The minimum absolute atomic E-state index is 0.0330. The van der Waals surface area contributed by atoms with Gasteiger partial charge in [0.05, 0.1) is 63.6 Å². The van der Waals surface area contributed by atoms with Crippen molar-refractivity contribution in [1.82, 2.24) is 0 Å². The van der Waals surface area contributed by atoms with E-state index < -0.39 is 221 Å². The highest BCUT2D eigenvalue weighted by Gasteiger charge is 2.75. The summed E-state index contributed by atoms with van der Waals surface area (Å²) in [6.45, 7) is 4.29. The van der Waals surface area contributed by atoms with Gasteiger partial charge in [-0.3, -0.25) is 0 Å². The molecule has 6 heterocycles. The SMILES string of the molecule is C[C@H](CC[C@@]1(O)O[C@H]2C[C@@]3(O)[C@@H]4CC[C@H]5C[C@@H](O[C@@H]6O[C@H](CO)[C@H](O[C@@H]7O[C@H](CO)[C@@H](O)[C@H](O[C@@H]8OC[C@@H](O)[C@H](O)[C@H]8O)[C@H]7O[C@@H]7O[C@H](CO)[C@H](O)[C@H](O)[C@H]7O)[C@H](O)[C@H]6O)[C@H](O)C[C@]5(C)[C@H]4CC[C@]3(C)[C@H]2[C@@H]1C)CO[C@@H]1O[C@H](CO)[C@@H](O)[C@H](O)[C@H]1O. The normalized spacial score (nSPS) is 56.1. The van der Waals surface area contributed by atoms with Crippen LogP contribution in [-0.2, 0) is 52.1 Å². The van der Waals surface area contributed by atoms with Crippen LogP contribution in [0.25, 0.3) is 0 Å². The lowest BCUT2D eigenvalue weighted by Crippen LogP contribution is -2.68. The summed E-state index contributed by atoms with van der Waals surface area (Å²) in [6, 6.07) is 0. The summed E-state index contributed by atoms with van der Waals surface area (Å²) in [5.74, 6) is -2.49. The maximum atomic E-state index is 13.1. The average molecular weight is 1250 g/mol. The number of aliphatic hydroxyl groups is 19. The molecule has 498 valence electrons. The molecule has 10 aliphatic rings. The van der Waals surface area contributed by atoms with Gasteiger partial charge in [0.15, 0.2) is 37.2 Å². The lowest BCUT2D eigenvalue weighted by molar-refractivity contribution is -0.404. The maximum Gasteiger partial charge on any atom is 0.187 e. The van der Waals surface area contributed by atoms with E-state index >= 15 is 0 Å². The highest BCUT2D eigenvalue weighted by atomic mass is 16.8. The standard InChI is InChI=1S/C56H94O30/c1-20(18-76-48-42(71)38(67)35(64)29(14-57)79-48)7-10-56(75)21(2)33-28(86-56)13-55(74)24-6-5-22-11-27(25(61)12-53(22,3)23(24)8-9-54(33,55)4)78-50-44(73)40(69)45(32(17-60)82-50)83-52-47(85-51-43(72)39(68)36(65)30(15-58)80-51)46(37(66)31(16-59)81-52)84-49-41(70)34(63)26(62)19-77-49/h20-52,57-75H,5-19H2,1-4H3/t20-,21+,22+,23+,24-,25-,26-,27-,28+,29-,30-,31-,32-,33+,34+,35-,36+,37-,38+,39+,40-,41-,42-,43-,44-,45+,46+,47-,48-,49+,50-,51+,52+,53+,54-,55-,56-/m1/s1. The number of rotatable bonds is 18. The maximum absolute atomic E-state index is 13.1. The molecule has 10 fully saturated rings. The number of fused-ring (bicyclic) bond motifs is 7. The molecule has 0 amide bonds. The Labute approximate surface area is 496 Å². The van der Waals surface area contributed by atoms with E-state index in [-0.39, 0.29) is 55.0 Å². The van der Waals surface area contributed by atoms with Gasteiger partial charge in [-0.1, -0.05) is 27.7 Å². The van der Waals surface area contributed by atoms with Gasteiger partial charge in [0.25, 0.3) is 0 Å². The summed E-state index contributed by atoms with van der Waals surface area (Å²) in [7, 11) is 0. The predicted molar refractivity (Wildman–Crippen MR) is 281 cm³/mol. The van der Waals surface area contributed by atoms with Crippen molar-refractivity contribution in [2.24, 2.45) is 46.3 Å². The van der Waals surface area contributed by atoms with Crippen LogP contribution >= 0.6 is 0 Å². The van der Waals surface area contributed by atoms with Gasteiger partial charge >= 0.3 is 0 Å². The Balaban J connectivity index is 0.780. The third-order valence-electron chi connectivity index (χ3n) is 22.0. The molecule has 6 saturated heterocycles. The second-order valence-corrected chi connectivity index (χ2v) is 26.9. The van der Waals surface area contributed by atoms with Gasteiger partial charge in [0.1, 0.15) is 116 Å². The van der Waals surface area contributed by atoms with Crippen LogP contribution in [0.2, 0.25) is 0 Å². The Morgan fingerprint density at radius 2 is 1.07 bits per heavy atom. The van der Waals surface area contributed by atoms with Crippen molar-refractivity contribution in [2.45, 2.75) is 263 Å². The van der Waals surface area contributed by atoms with Crippen molar-refractivity contribution in [2.75, 3.05) is 39.6 Å². The molecule has 86 heavy (non-hydrogen) atoms. The fourth-order valence-electron chi connectivity index (χ4n) is 16.9. The van der Waals surface area contributed by atoms with Crippen molar-refractivity contribution in [3.63, 3.8) is 0 Å². The van der Waals surface area contributed by atoms with E-state index in [0.717, 1.165) is 6.42 Å². The smallest absolute Gasteiger partial charge is 0.187 e. The number of hydrogen-bond acceptors (Lipinski definition) is 30. The Morgan fingerprint density at radius 1 is 0.523 bits per heavy atom. The van der Waals surface area contributed by atoms with Crippen molar-refractivity contribution in [1.29, 1.82) is 0 Å². The van der Waals surface area contributed by atoms with E-state index in [1.165, 1.54) is 0 Å². The van der Waals surface area contributed by atoms with E-state index in [1.807, 2.05) is 13.8 Å². The van der Waals surface area contributed by atoms with Gasteiger partial charge < -0.3 is 149 Å². The number of hydrogen-bond donors (Lipinski definition) is 19. The molecule has 10 rings (SSSR count). The van der Waals surface area contributed by atoms with Crippen molar-refractivity contribution in [3.05, 3.63) is 0 Å². The first-order valence-corrected chi connectivity index (χ1v) is 30.5. The Kier molecular flexibility index (Phi) is 20.7. The third-order valence-corrected chi connectivity index (χ3v) is 22.0. The fraction of sp³-hybridized carbons (Fsp3) is 1.00. The van der Waals surface area contributed by atoms with Gasteiger partial charge in [0, 0.05) is 30.1 Å². The molecule has 19 N–H and O–H groups in total. The van der Waals surface area contributed by atoms with E-state index in [9.17, 15) is 97.0 Å². The second kappa shape index (κ2) is 26.3. The highest BCUT2D eigenvalue weighted by molar-refractivity contribution is 5.22. The number of ether oxygens (including phenoxy) is 11. The molecule has 37 atom stereocenters. The summed E-state index contributed by atoms with van der Waals surface area (Å²) in [5.41, 5.74) is -2.30. The van der Waals surface area contributed by atoms with Gasteiger partial charge in [-0.25, -0.2) is 0 Å². The van der Waals surface area contributed by atoms with E-state index in [4.69, 9.17) is 52.1 Å². The topological polar surface area (TPSA) is 486 Å². The Hall–Kier alpha value is -1.20. The monoisotopic (exact) mass is 1250 g/mol. The molecule has 30 heteroatoms. The zero-order valence-electron chi connectivity index (χ0n) is 48.6. The number of aliphatic hydroxyl groups excluding tert-OH is 17. The van der Waals surface area contributed by atoms with Gasteiger partial charge in [-0.2, -0.15) is 0 Å². The fourth-order valence-corrected chi connectivity index (χ4v) is 16.9. The average Bonchev–Trinajstić information content (AvgIpc) is 1.46. The van der Waals surface area contributed by atoms with Crippen LogP contribution in [0.5, 0.6) is 0 Å². The molecule has 4 aliphatic carbocycles. The zero-order chi connectivity index (χ0) is 62.4. The summed E-state index contributed by atoms with van der Waals surface area (Å²) in [4.78, 5) is 0. The second-order valence-electron chi connectivity index (χ2n) is 26.9. The first-order valence-electron chi connectivity index (χ1n) is 30.5. The Morgan fingerprint density at radius 3 is 1.72 bits per heavy atom. The molecular formula is C56H94O30. The Bertz CT molecular complexity index is 2230. The first kappa shape index (κ1) is 67.7. The molecule has 0 aromatic carbocycles.